The zero-order valence-corrected chi connectivity index (χ0v) is 12.0. The van der Waals surface area contributed by atoms with Crippen molar-refractivity contribution in [2.45, 2.75) is 12.5 Å². The summed E-state index contributed by atoms with van der Waals surface area (Å²) >= 11 is 0. The lowest BCUT2D eigenvalue weighted by molar-refractivity contribution is -0.153. The van der Waals surface area contributed by atoms with E-state index in [0.717, 1.165) is 25.3 Å². The first-order valence-corrected chi connectivity index (χ1v) is 6.77. The van der Waals surface area contributed by atoms with Crippen molar-refractivity contribution >= 4 is 5.97 Å². The van der Waals surface area contributed by atoms with Crippen LogP contribution in [0.2, 0.25) is 0 Å². The Bertz CT molecular complexity index is 432. The Hall–Kier alpha value is -1.59. The van der Waals surface area contributed by atoms with Crippen LogP contribution in [0, 0.1) is 0 Å². The second-order valence-corrected chi connectivity index (χ2v) is 4.75. The average Bonchev–Trinajstić information content (AvgIpc) is 2.53. The maximum absolute atomic E-state index is 11.7. The molecule has 1 heterocycles. The summed E-state index contributed by atoms with van der Waals surface area (Å²) in [4.78, 5) is 13.8. The number of hydrogen-bond acceptors (Lipinski definition) is 5. The van der Waals surface area contributed by atoms with E-state index in [1.807, 2.05) is 24.3 Å². The lowest BCUT2D eigenvalue weighted by Gasteiger charge is -2.33. The second kappa shape index (κ2) is 7.26. The van der Waals surface area contributed by atoms with Gasteiger partial charge in [-0.05, 0) is 24.1 Å². The van der Waals surface area contributed by atoms with Gasteiger partial charge in [0.1, 0.15) is 11.8 Å². The Morgan fingerprint density at radius 3 is 2.75 bits per heavy atom. The molecule has 0 aromatic heterocycles. The molecule has 0 spiro atoms. The van der Waals surface area contributed by atoms with Crippen LogP contribution in [0.15, 0.2) is 24.3 Å². The number of rotatable bonds is 5. The third kappa shape index (κ3) is 3.71. The lowest BCUT2D eigenvalue weighted by Crippen LogP contribution is -2.50. The molecule has 1 aliphatic heterocycles. The molecule has 1 fully saturated rings. The molecular weight excluding hydrogens is 258 g/mol. The maximum Gasteiger partial charge on any atom is 0.325 e. The van der Waals surface area contributed by atoms with Gasteiger partial charge in [-0.1, -0.05) is 12.1 Å². The molecule has 1 atom stereocenters. The molecule has 1 saturated heterocycles. The molecule has 110 valence electrons. The Morgan fingerprint density at radius 2 is 2.10 bits per heavy atom. The van der Waals surface area contributed by atoms with E-state index in [4.69, 9.17) is 14.2 Å². The van der Waals surface area contributed by atoms with E-state index in [1.54, 1.807) is 7.11 Å². The normalized spacial score (nSPS) is 19.6. The molecule has 0 radical (unpaired) electrons. The van der Waals surface area contributed by atoms with Gasteiger partial charge in [-0.25, -0.2) is 0 Å². The molecular formula is C15H21NO4. The van der Waals surface area contributed by atoms with Crippen LogP contribution in [0.1, 0.15) is 5.56 Å². The Balaban J connectivity index is 1.91. The topological polar surface area (TPSA) is 48.0 Å². The summed E-state index contributed by atoms with van der Waals surface area (Å²) in [5.41, 5.74) is 1.22. The van der Waals surface area contributed by atoms with Gasteiger partial charge in [-0.2, -0.15) is 0 Å². The van der Waals surface area contributed by atoms with Crippen LogP contribution < -0.4 is 4.74 Å². The highest BCUT2D eigenvalue weighted by Crippen LogP contribution is 2.14. The van der Waals surface area contributed by atoms with Gasteiger partial charge in [-0.15, -0.1) is 0 Å². The zero-order valence-electron chi connectivity index (χ0n) is 12.0. The second-order valence-electron chi connectivity index (χ2n) is 4.75. The fourth-order valence-electron chi connectivity index (χ4n) is 2.32. The number of esters is 1. The van der Waals surface area contributed by atoms with Crippen LogP contribution in [0.3, 0.4) is 0 Å². The van der Waals surface area contributed by atoms with Crippen molar-refractivity contribution in [2.24, 2.45) is 0 Å². The first-order valence-electron chi connectivity index (χ1n) is 6.77. The standard InChI is InChI=1S/C15H21NO4/c1-18-13-5-3-12(4-6-13)7-8-16-9-10-20-11-14(16)15(17)19-2/h3-6,14H,7-11H2,1-2H3. The minimum Gasteiger partial charge on any atom is -0.497 e. The highest BCUT2D eigenvalue weighted by atomic mass is 16.5. The highest BCUT2D eigenvalue weighted by molar-refractivity contribution is 5.75. The third-order valence-electron chi connectivity index (χ3n) is 3.56. The molecule has 2 rings (SSSR count). The Labute approximate surface area is 119 Å². The first-order chi connectivity index (χ1) is 9.74. The molecule has 0 aliphatic carbocycles. The van der Waals surface area contributed by atoms with Crippen molar-refractivity contribution in [3.8, 4) is 5.75 Å². The minimum atomic E-state index is -0.285. The van der Waals surface area contributed by atoms with Crippen LogP contribution in [-0.2, 0) is 20.7 Å². The van der Waals surface area contributed by atoms with Crippen LogP contribution in [0.4, 0.5) is 0 Å². The van der Waals surface area contributed by atoms with Crippen molar-refractivity contribution in [2.75, 3.05) is 40.5 Å². The summed E-state index contributed by atoms with van der Waals surface area (Å²) in [7, 11) is 3.07. The minimum absolute atomic E-state index is 0.223. The van der Waals surface area contributed by atoms with Gasteiger partial charge < -0.3 is 14.2 Å². The van der Waals surface area contributed by atoms with Crippen molar-refractivity contribution in [1.82, 2.24) is 4.90 Å². The summed E-state index contributed by atoms with van der Waals surface area (Å²) in [6.45, 7) is 2.65. The fourth-order valence-corrected chi connectivity index (χ4v) is 2.32. The monoisotopic (exact) mass is 279 g/mol. The molecule has 20 heavy (non-hydrogen) atoms. The van der Waals surface area contributed by atoms with Crippen molar-refractivity contribution in [1.29, 1.82) is 0 Å². The number of ether oxygens (including phenoxy) is 3. The molecule has 1 aliphatic rings. The van der Waals surface area contributed by atoms with Gasteiger partial charge in [0, 0.05) is 13.1 Å². The van der Waals surface area contributed by atoms with E-state index in [2.05, 4.69) is 4.90 Å². The van der Waals surface area contributed by atoms with Crippen LogP contribution in [0.5, 0.6) is 5.75 Å². The smallest absolute Gasteiger partial charge is 0.325 e. The van der Waals surface area contributed by atoms with E-state index in [9.17, 15) is 4.79 Å². The summed E-state index contributed by atoms with van der Waals surface area (Å²) in [5, 5.41) is 0. The summed E-state index contributed by atoms with van der Waals surface area (Å²) in [5.74, 6) is 0.631. The number of carbonyl (C=O) groups is 1. The fraction of sp³-hybridized carbons (Fsp3) is 0.533. The molecule has 1 aromatic rings. The van der Waals surface area contributed by atoms with E-state index >= 15 is 0 Å². The first kappa shape index (κ1) is 14.8. The quantitative estimate of drug-likeness (QED) is 0.756. The zero-order chi connectivity index (χ0) is 14.4. The number of benzene rings is 1. The summed E-state index contributed by atoms with van der Waals surface area (Å²) in [6.07, 6.45) is 0.886. The van der Waals surface area contributed by atoms with E-state index in [-0.39, 0.29) is 12.0 Å². The number of methoxy groups -OCH3 is 2. The molecule has 0 saturated carbocycles. The molecule has 1 aromatic carbocycles. The number of hydrogen-bond donors (Lipinski definition) is 0. The van der Waals surface area contributed by atoms with Gasteiger partial charge in [0.25, 0.3) is 0 Å². The number of carbonyl (C=O) groups excluding carboxylic acids is 1. The molecule has 1 unspecified atom stereocenters. The molecule has 0 N–H and O–H groups in total. The Kier molecular flexibility index (Phi) is 5.38. The van der Waals surface area contributed by atoms with E-state index < -0.39 is 0 Å². The van der Waals surface area contributed by atoms with Crippen molar-refractivity contribution in [3.05, 3.63) is 29.8 Å². The van der Waals surface area contributed by atoms with Gasteiger partial charge in [0.05, 0.1) is 27.4 Å². The molecule has 5 heteroatoms. The molecule has 5 nitrogen and oxygen atoms in total. The Morgan fingerprint density at radius 1 is 1.35 bits per heavy atom. The van der Waals surface area contributed by atoms with E-state index in [0.29, 0.717) is 13.2 Å². The average molecular weight is 279 g/mol. The van der Waals surface area contributed by atoms with E-state index in [1.165, 1.54) is 12.7 Å². The van der Waals surface area contributed by atoms with Crippen LogP contribution in [-0.4, -0.2) is 57.4 Å². The maximum atomic E-state index is 11.7. The summed E-state index contributed by atoms with van der Waals surface area (Å²) in [6, 6.07) is 7.71. The lowest BCUT2D eigenvalue weighted by atomic mass is 10.1. The van der Waals surface area contributed by atoms with Crippen molar-refractivity contribution in [3.63, 3.8) is 0 Å². The van der Waals surface area contributed by atoms with Gasteiger partial charge >= 0.3 is 5.97 Å². The largest absolute Gasteiger partial charge is 0.497 e. The van der Waals surface area contributed by atoms with Gasteiger partial charge in [0.2, 0.25) is 0 Å². The van der Waals surface area contributed by atoms with Crippen molar-refractivity contribution < 1.29 is 19.0 Å². The van der Waals surface area contributed by atoms with Crippen LogP contribution in [0.25, 0.3) is 0 Å². The number of morpholine rings is 1. The SMILES string of the molecule is COC(=O)C1COCCN1CCc1ccc(OC)cc1. The highest BCUT2D eigenvalue weighted by Gasteiger charge is 2.29. The number of nitrogens with zero attached hydrogens (tertiary/aromatic N) is 1. The predicted octanol–water partition coefficient (Wildman–Crippen LogP) is 1.11. The van der Waals surface area contributed by atoms with Gasteiger partial charge in [0.15, 0.2) is 0 Å². The predicted molar refractivity (Wildman–Crippen MR) is 74.9 cm³/mol. The summed E-state index contributed by atoms with van der Waals surface area (Å²) < 4.78 is 15.3. The van der Waals surface area contributed by atoms with Crippen LogP contribution >= 0.6 is 0 Å². The third-order valence-corrected chi connectivity index (χ3v) is 3.56. The molecule has 0 amide bonds. The van der Waals surface area contributed by atoms with Gasteiger partial charge in [-0.3, -0.25) is 9.69 Å². The molecule has 0 bridgehead atoms.